The van der Waals surface area contributed by atoms with Gasteiger partial charge in [-0.3, -0.25) is 9.36 Å². The summed E-state index contributed by atoms with van der Waals surface area (Å²) < 4.78 is 28.2. The summed E-state index contributed by atoms with van der Waals surface area (Å²) >= 11 is 0.944. The lowest BCUT2D eigenvalue weighted by molar-refractivity contribution is 0.508. The molecule has 0 spiro atoms. The summed E-state index contributed by atoms with van der Waals surface area (Å²) in [4.78, 5) is 12.9. The largest absolute Gasteiger partial charge is 0.273 e. The van der Waals surface area contributed by atoms with Crippen LogP contribution >= 0.6 is 11.3 Å². The standard InChI is InChI=1S/C20H11F2N3OS/c1-12-2-5-15(6-3-12)25-19(26)18(27-20(25)14(10-23)11-24)9-13-4-7-16(21)17(22)8-13/h2-9H,1H3/b18-9+. The summed E-state index contributed by atoms with van der Waals surface area (Å²) in [6.45, 7) is 1.89. The van der Waals surface area contributed by atoms with Gasteiger partial charge in [0.2, 0.25) is 0 Å². The maximum absolute atomic E-state index is 13.4. The predicted octanol–water partition coefficient (Wildman–Crippen LogP) is 2.51. The highest BCUT2D eigenvalue weighted by Crippen LogP contribution is 2.10. The molecule has 1 heterocycles. The van der Waals surface area contributed by atoms with Crippen molar-refractivity contribution in [2.75, 3.05) is 0 Å². The topological polar surface area (TPSA) is 69.6 Å². The molecule has 0 aliphatic carbocycles. The number of benzene rings is 2. The monoisotopic (exact) mass is 379 g/mol. The molecular weight excluding hydrogens is 368 g/mol. The molecule has 3 aromatic rings. The lowest BCUT2D eigenvalue weighted by Crippen LogP contribution is -2.30. The van der Waals surface area contributed by atoms with Gasteiger partial charge in [0.25, 0.3) is 5.56 Å². The zero-order valence-electron chi connectivity index (χ0n) is 14.0. The molecular formula is C20H11F2N3OS. The van der Waals surface area contributed by atoms with E-state index in [1.54, 1.807) is 36.4 Å². The van der Waals surface area contributed by atoms with Crippen molar-refractivity contribution in [3.8, 4) is 17.8 Å². The van der Waals surface area contributed by atoms with Crippen LogP contribution in [0.3, 0.4) is 0 Å². The molecule has 4 nitrogen and oxygen atoms in total. The smallest absolute Gasteiger partial charge is 0.267 e. The number of aryl methyl sites for hydroxylation is 1. The van der Waals surface area contributed by atoms with Gasteiger partial charge in [0, 0.05) is 0 Å². The number of halogens is 2. The van der Waals surface area contributed by atoms with Gasteiger partial charge in [0.15, 0.2) is 17.2 Å². The molecule has 0 unspecified atom stereocenters. The molecule has 0 N–H and O–H groups in total. The summed E-state index contributed by atoms with van der Waals surface area (Å²) in [5.74, 6) is -2.01. The number of nitrogens with zero attached hydrogens (tertiary/aromatic N) is 3. The Hall–Kier alpha value is -3.55. The maximum Gasteiger partial charge on any atom is 0.273 e. The van der Waals surface area contributed by atoms with E-state index in [-0.39, 0.29) is 14.8 Å². The third-order valence-corrected chi connectivity index (χ3v) is 4.89. The van der Waals surface area contributed by atoms with Gasteiger partial charge in [-0.25, -0.2) is 8.78 Å². The molecule has 27 heavy (non-hydrogen) atoms. The minimum absolute atomic E-state index is 0.183. The van der Waals surface area contributed by atoms with Gasteiger partial charge in [0.1, 0.15) is 16.8 Å². The minimum atomic E-state index is -1.03. The zero-order valence-corrected chi connectivity index (χ0v) is 14.8. The van der Waals surface area contributed by atoms with Crippen LogP contribution in [0.25, 0.3) is 17.3 Å². The summed E-state index contributed by atoms with van der Waals surface area (Å²) in [5, 5.41) is 18.5. The highest BCUT2D eigenvalue weighted by atomic mass is 32.1. The maximum atomic E-state index is 13.4. The second-order valence-corrected chi connectivity index (χ2v) is 6.69. The molecule has 0 bridgehead atoms. The van der Waals surface area contributed by atoms with Gasteiger partial charge in [-0.2, -0.15) is 10.5 Å². The van der Waals surface area contributed by atoms with Crippen molar-refractivity contribution < 1.29 is 8.78 Å². The van der Waals surface area contributed by atoms with Crippen molar-refractivity contribution in [3.63, 3.8) is 0 Å². The van der Waals surface area contributed by atoms with Gasteiger partial charge in [-0.05, 0) is 42.8 Å². The van der Waals surface area contributed by atoms with E-state index in [2.05, 4.69) is 0 Å². The summed E-state index contributed by atoms with van der Waals surface area (Å²) in [6.07, 6.45) is 1.40. The number of aromatic nitrogens is 1. The summed E-state index contributed by atoms with van der Waals surface area (Å²) in [5.41, 5.74) is 1.13. The Morgan fingerprint density at radius 2 is 1.74 bits per heavy atom. The summed E-state index contributed by atoms with van der Waals surface area (Å²) in [6, 6.07) is 13.9. The first kappa shape index (κ1) is 18.2. The lowest BCUT2D eigenvalue weighted by Gasteiger charge is -2.02. The van der Waals surface area contributed by atoms with Crippen molar-refractivity contribution in [1.82, 2.24) is 4.57 Å². The first-order valence-corrected chi connectivity index (χ1v) is 8.56. The van der Waals surface area contributed by atoms with E-state index >= 15 is 0 Å². The average Bonchev–Trinajstić information content (AvgIpc) is 2.96. The molecule has 0 atom stereocenters. The third-order valence-electron chi connectivity index (χ3n) is 3.79. The Morgan fingerprint density at radius 1 is 1.07 bits per heavy atom. The van der Waals surface area contributed by atoms with Crippen molar-refractivity contribution >= 4 is 23.0 Å². The Bertz CT molecular complexity index is 1270. The summed E-state index contributed by atoms with van der Waals surface area (Å²) in [7, 11) is 0. The molecule has 132 valence electrons. The van der Waals surface area contributed by atoms with E-state index in [0.29, 0.717) is 11.3 Å². The highest BCUT2D eigenvalue weighted by Gasteiger charge is 2.11. The van der Waals surface area contributed by atoms with Crippen LogP contribution in [0.15, 0.2) is 47.3 Å². The van der Waals surface area contributed by atoms with Gasteiger partial charge in [0.05, 0.1) is 10.2 Å². The zero-order chi connectivity index (χ0) is 19.6. The van der Waals surface area contributed by atoms with Crippen LogP contribution in [0.1, 0.15) is 11.1 Å². The Balaban J connectivity index is 2.36. The fourth-order valence-corrected chi connectivity index (χ4v) is 3.51. The van der Waals surface area contributed by atoms with Crippen molar-refractivity contribution in [3.05, 3.63) is 84.8 Å². The highest BCUT2D eigenvalue weighted by molar-refractivity contribution is 7.07. The Kier molecular flexibility index (Phi) is 4.98. The quantitative estimate of drug-likeness (QED) is 0.687. The number of hydrogen-bond donors (Lipinski definition) is 0. The third kappa shape index (κ3) is 3.55. The second kappa shape index (κ2) is 7.36. The number of hydrogen-bond acceptors (Lipinski definition) is 4. The van der Waals surface area contributed by atoms with E-state index in [1.165, 1.54) is 16.7 Å². The van der Waals surface area contributed by atoms with Gasteiger partial charge in [-0.15, -0.1) is 11.3 Å². The molecule has 0 aliphatic rings. The number of thiazole rings is 1. The van der Waals surface area contributed by atoms with Crippen LogP contribution in [0.5, 0.6) is 0 Å². The van der Waals surface area contributed by atoms with Crippen LogP contribution in [0.4, 0.5) is 8.78 Å². The molecule has 0 saturated carbocycles. The fourth-order valence-electron chi connectivity index (χ4n) is 2.45. The first-order valence-electron chi connectivity index (χ1n) is 7.75. The Labute approximate surface area is 156 Å². The van der Waals surface area contributed by atoms with Crippen LogP contribution in [-0.4, -0.2) is 4.57 Å². The van der Waals surface area contributed by atoms with Crippen LogP contribution in [0.2, 0.25) is 0 Å². The van der Waals surface area contributed by atoms with E-state index in [4.69, 9.17) is 0 Å². The van der Waals surface area contributed by atoms with Crippen molar-refractivity contribution in [2.45, 2.75) is 6.92 Å². The van der Waals surface area contributed by atoms with Gasteiger partial charge < -0.3 is 0 Å². The first-order chi connectivity index (χ1) is 12.9. The van der Waals surface area contributed by atoms with E-state index in [0.717, 1.165) is 29.0 Å². The molecule has 0 saturated heterocycles. The molecule has 7 heteroatoms. The van der Waals surface area contributed by atoms with E-state index < -0.39 is 17.2 Å². The average molecular weight is 379 g/mol. The molecule has 2 aromatic carbocycles. The van der Waals surface area contributed by atoms with Crippen molar-refractivity contribution in [1.29, 1.82) is 10.5 Å². The normalized spacial score (nSPS) is 11.1. The molecule has 1 aromatic heterocycles. The van der Waals surface area contributed by atoms with E-state index in [9.17, 15) is 24.1 Å². The molecule has 0 amide bonds. The van der Waals surface area contributed by atoms with Crippen LogP contribution in [-0.2, 0) is 0 Å². The Morgan fingerprint density at radius 3 is 2.33 bits per heavy atom. The van der Waals surface area contributed by atoms with Crippen LogP contribution in [0, 0.1) is 41.2 Å². The molecule has 0 radical (unpaired) electrons. The predicted molar refractivity (Wildman–Crippen MR) is 98.5 cm³/mol. The molecule has 0 aliphatic heterocycles. The van der Waals surface area contributed by atoms with Crippen molar-refractivity contribution in [2.24, 2.45) is 0 Å². The van der Waals surface area contributed by atoms with Gasteiger partial charge in [-0.1, -0.05) is 23.8 Å². The molecule has 3 rings (SSSR count). The second-order valence-electron chi connectivity index (χ2n) is 5.66. The number of nitriles is 2. The van der Waals surface area contributed by atoms with Crippen LogP contribution < -0.4 is 14.8 Å². The SMILES string of the molecule is Cc1ccc(-n2c(=C(C#N)C#N)s/c(=C/c3ccc(F)c(F)c3)c2=O)cc1. The fraction of sp³-hybridized carbons (Fsp3) is 0.0500. The lowest BCUT2D eigenvalue weighted by atomic mass is 10.2. The number of rotatable bonds is 2. The molecule has 0 fully saturated rings. The minimum Gasteiger partial charge on any atom is -0.267 e. The van der Waals surface area contributed by atoms with E-state index in [1.807, 2.05) is 6.92 Å². The van der Waals surface area contributed by atoms with Gasteiger partial charge >= 0.3 is 0 Å².